The van der Waals surface area contributed by atoms with Crippen LogP contribution in [0.1, 0.15) is 25.5 Å². The summed E-state index contributed by atoms with van der Waals surface area (Å²) in [5.41, 5.74) is -0.242. The predicted molar refractivity (Wildman–Crippen MR) is 50.5 cm³/mol. The topological polar surface area (TPSA) is 42.7 Å². The van der Waals surface area contributed by atoms with E-state index in [0.717, 1.165) is 0 Å². The van der Waals surface area contributed by atoms with Crippen LogP contribution in [-0.2, 0) is 19.3 Å². The monoisotopic (exact) mass is 234 g/mol. The third-order valence-electron chi connectivity index (χ3n) is 2.55. The standard InChI is InChI=1S/C9H13F3N4/c1-8(2)4-13-3-6-14-15-7(9(10,11)12)16(6)5-8/h13H,3-5H2,1-2H3. The van der Waals surface area contributed by atoms with Gasteiger partial charge in [0.25, 0.3) is 0 Å². The summed E-state index contributed by atoms with van der Waals surface area (Å²) in [4.78, 5) is 0. The fraction of sp³-hybridized carbons (Fsp3) is 0.778. The maximum atomic E-state index is 12.6. The van der Waals surface area contributed by atoms with Crippen molar-refractivity contribution in [3.05, 3.63) is 11.6 Å². The third kappa shape index (κ3) is 2.04. The van der Waals surface area contributed by atoms with E-state index in [9.17, 15) is 13.2 Å². The molecule has 1 aliphatic rings. The number of halogens is 3. The average molecular weight is 234 g/mol. The highest BCUT2D eigenvalue weighted by Gasteiger charge is 2.40. The minimum atomic E-state index is -4.44. The zero-order valence-corrected chi connectivity index (χ0v) is 9.10. The average Bonchev–Trinajstić information content (AvgIpc) is 2.40. The Morgan fingerprint density at radius 2 is 2.00 bits per heavy atom. The second kappa shape index (κ2) is 3.44. The normalized spacial score (nSPS) is 20.3. The molecule has 2 heterocycles. The maximum absolute atomic E-state index is 12.6. The summed E-state index contributed by atoms with van der Waals surface area (Å²) in [6.45, 7) is 5.09. The Hall–Kier alpha value is -1.11. The second-order valence-corrected chi connectivity index (χ2v) is 4.79. The molecule has 0 atom stereocenters. The zero-order chi connectivity index (χ0) is 12.0. The Kier molecular flexibility index (Phi) is 2.45. The molecule has 0 bridgehead atoms. The van der Waals surface area contributed by atoms with E-state index in [0.29, 0.717) is 18.9 Å². The van der Waals surface area contributed by atoms with E-state index >= 15 is 0 Å². The molecule has 2 rings (SSSR count). The summed E-state index contributed by atoms with van der Waals surface area (Å²) < 4.78 is 39.1. The van der Waals surface area contributed by atoms with E-state index in [-0.39, 0.29) is 12.0 Å². The Bertz CT molecular complexity index is 394. The van der Waals surface area contributed by atoms with Gasteiger partial charge in [-0.3, -0.25) is 0 Å². The van der Waals surface area contributed by atoms with Crippen LogP contribution < -0.4 is 5.32 Å². The molecule has 90 valence electrons. The molecule has 16 heavy (non-hydrogen) atoms. The first-order valence-corrected chi connectivity index (χ1v) is 5.00. The highest BCUT2D eigenvalue weighted by Crippen LogP contribution is 2.31. The van der Waals surface area contributed by atoms with E-state index < -0.39 is 12.0 Å². The lowest BCUT2D eigenvalue weighted by atomic mass is 9.94. The van der Waals surface area contributed by atoms with Crippen molar-refractivity contribution >= 4 is 0 Å². The quantitative estimate of drug-likeness (QED) is 0.738. The maximum Gasteiger partial charge on any atom is 0.451 e. The summed E-state index contributed by atoms with van der Waals surface area (Å²) in [6, 6.07) is 0. The van der Waals surface area contributed by atoms with Crippen LogP contribution in [0, 0.1) is 5.41 Å². The van der Waals surface area contributed by atoms with E-state index in [2.05, 4.69) is 15.5 Å². The van der Waals surface area contributed by atoms with Crippen LogP contribution in [0.15, 0.2) is 0 Å². The smallest absolute Gasteiger partial charge is 0.309 e. The van der Waals surface area contributed by atoms with Crippen molar-refractivity contribution in [1.82, 2.24) is 20.1 Å². The predicted octanol–water partition coefficient (Wildman–Crippen LogP) is 1.43. The van der Waals surface area contributed by atoms with Gasteiger partial charge in [0, 0.05) is 13.1 Å². The van der Waals surface area contributed by atoms with Gasteiger partial charge in [-0.1, -0.05) is 13.8 Å². The van der Waals surface area contributed by atoms with Gasteiger partial charge in [-0.15, -0.1) is 10.2 Å². The van der Waals surface area contributed by atoms with E-state index in [4.69, 9.17) is 0 Å². The molecule has 0 spiro atoms. The number of alkyl halides is 3. The van der Waals surface area contributed by atoms with Crippen LogP contribution in [0.5, 0.6) is 0 Å². The fourth-order valence-corrected chi connectivity index (χ4v) is 1.84. The van der Waals surface area contributed by atoms with Gasteiger partial charge in [0.1, 0.15) is 5.82 Å². The van der Waals surface area contributed by atoms with E-state index in [1.165, 1.54) is 4.57 Å². The summed E-state index contributed by atoms with van der Waals surface area (Å²) in [7, 11) is 0. The summed E-state index contributed by atoms with van der Waals surface area (Å²) in [5, 5.41) is 9.87. The van der Waals surface area contributed by atoms with Gasteiger partial charge in [-0.25, -0.2) is 0 Å². The molecule has 0 radical (unpaired) electrons. The van der Waals surface area contributed by atoms with Crippen LogP contribution in [0.4, 0.5) is 13.2 Å². The first-order chi connectivity index (χ1) is 7.30. The molecule has 1 aromatic heterocycles. The van der Waals surface area contributed by atoms with Crippen molar-refractivity contribution in [2.45, 2.75) is 33.1 Å². The Morgan fingerprint density at radius 1 is 1.31 bits per heavy atom. The van der Waals surface area contributed by atoms with E-state index in [1.807, 2.05) is 13.8 Å². The Labute approximate surface area is 90.9 Å². The molecule has 0 saturated heterocycles. The largest absolute Gasteiger partial charge is 0.451 e. The lowest BCUT2D eigenvalue weighted by Gasteiger charge is -2.23. The number of fused-ring (bicyclic) bond motifs is 1. The van der Waals surface area contributed by atoms with Crippen molar-refractivity contribution in [2.75, 3.05) is 6.54 Å². The molecule has 0 aromatic carbocycles. The van der Waals surface area contributed by atoms with Crippen LogP contribution in [-0.4, -0.2) is 21.3 Å². The van der Waals surface area contributed by atoms with Gasteiger partial charge in [0.05, 0.1) is 6.54 Å². The molecular formula is C9H13F3N4. The molecule has 4 nitrogen and oxygen atoms in total. The van der Waals surface area contributed by atoms with Crippen LogP contribution in [0.25, 0.3) is 0 Å². The molecule has 0 fully saturated rings. The van der Waals surface area contributed by atoms with Crippen LogP contribution in [0.2, 0.25) is 0 Å². The summed E-state index contributed by atoms with van der Waals surface area (Å²) in [5.74, 6) is -0.558. The number of hydrogen-bond acceptors (Lipinski definition) is 3. The van der Waals surface area contributed by atoms with Crippen molar-refractivity contribution in [1.29, 1.82) is 0 Å². The first-order valence-electron chi connectivity index (χ1n) is 5.00. The molecule has 1 N–H and O–H groups in total. The summed E-state index contributed by atoms with van der Waals surface area (Å²) in [6.07, 6.45) is -4.44. The Balaban J connectivity index is 2.44. The second-order valence-electron chi connectivity index (χ2n) is 4.79. The molecular weight excluding hydrogens is 221 g/mol. The highest BCUT2D eigenvalue weighted by molar-refractivity contribution is 5.02. The zero-order valence-electron chi connectivity index (χ0n) is 9.10. The lowest BCUT2D eigenvalue weighted by Crippen LogP contribution is -2.30. The van der Waals surface area contributed by atoms with Crippen LogP contribution in [0.3, 0.4) is 0 Å². The van der Waals surface area contributed by atoms with Gasteiger partial charge >= 0.3 is 6.18 Å². The van der Waals surface area contributed by atoms with Crippen LogP contribution >= 0.6 is 0 Å². The van der Waals surface area contributed by atoms with Gasteiger partial charge in [-0.2, -0.15) is 13.2 Å². The number of aromatic nitrogens is 3. The molecule has 1 aromatic rings. The molecule has 1 aliphatic heterocycles. The van der Waals surface area contributed by atoms with Gasteiger partial charge in [0.15, 0.2) is 0 Å². The number of hydrogen-bond donors (Lipinski definition) is 1. The number of nitrogens with one attached hydrogen (secondary N) is 1. The van der Waals surface area contributed by atoms with Crippen molar-refractivity contribution in [2.24, 2.45) is 5.41 Å². The van der Waals surface area contributed by atoms with E-state index in [1.54, 1.807) is 0 Å². The van der Waals surface area contributed by atoms with Gasteiger partial charge in [-0.05, 0) is 5.41 Å². The van der Waals surface area contributed by atoms with Gasteiger partial charge in [0.2, 0.25) is 5.82 Å². The van der Waals surface area contributed by atoms with Gasteiger partial charge < -0.3 is 9.88 Å². The minimum Gasteiger partial charge on any atom is -0.309 e. The number of nitrogens with zero attached hydrogens (tertiary/aromatic N) is 3. The van der Waals surface area contributed by atoms with Crippen molar-refractivity contribution in [3.8, 4) is 0 Å². The fourth-order valence-electron chi connectivity index (χ4n) is 1.84. The van der Waals surface area contributed by atoms with Crippen molar-refractivity contribution < 1.29 is 13.2 Å². The Morgan fingerprint density at radius 3 is 2.62 bits per heavy atom. The third-order valence-corrected chi connectivity index (χ3v) is 2.55. The number of rotatable bonds is 0. The SMILES string of the molecule is CC1(C)CNCc2nnc(C(F)(F)F)n2C1. The summed E-state index contributed by atoms with van der Waals surface area (Å²) >= 11 is 0. The molecule has 0 saturated carbocycles. The van der Waals surface area contributed by atoms with Crippen molar-refractivity contribution in [3.63, 3.8) is 0 Å². The lowest BCUT2D eigenvalue weighted by molar-refractivity contribution is -0.148. The first kappa shape index (κ1) is 11.4. The molecule has 7 heteroatoms. The molecule has 0 aliphatic carbocycles. The minimum absolute atomic E-state index is 0.242. The highest BCUT2D eigenvalue weighted by atomic mass is 19.4. The molecule has 0 amide bonds. The molecule has 0 unspecified atom stereocenters.